The standard InChI is InChI=1S/C10H18N4O2S2/c1-12-8-10(7-11-12)9-13(2)18(15,16)14-3-5-17-6-4-14/h7-8H,3-6,9H2,1-2H3. The molecule has 1 saturated heterocycles. The Labute approximate surface area is 112 Å². The largest absolute Gasteiger partial charge is 0.282 e. The first-order chi connectivity index (χ1) is 8.50. The Morgan fingerprint density at radius 2 is 2.11 bits per heavy atom. The van der Waals surface area contributed by atoms with Crippen LogP contribution in [0.25, 0.3) is 0 Å². The summed E-state index contributed by atoms with van der Waals surface area (Å²) in [5, 5.41) is 4.04. The van der Waals surface area contributed by atoms with Crippen molar-refractivity contribution in [3.63, 3.8) is 0 Å². The third-order valence-electron chi connectivity index (χ3n) is 2.85. The SMILES string of the molecule is CN(Cc1cnn(C)c1)S(=O)(=O)N1CCSCC1. The first kappa shape index (κ1) is 13.9. The lowest BCUT2D eigenvalue weighted by Gasteiger charge is -2.29. The second-order valence-electron chi connectivity index (χ2n) is 4.30. The highest BCUT2D eigenvalue weighted by atomic mass is 32.2. The molecule has 18 heavy (non-hydrogen) atoms. The van der Waals surface area contributed by atoms with E-state index >= 15 is 0 Å². The molecule has 0 unspecified atom stereocenters. The van der Waals surface area contributed by atoms with Crippen molar-refractivity contribution in [2.45, 2.75) is 6.54 Å². The molecule has 0 saturated carbocycles. The molecule has 102 valence electrons. The zero-order chi connectivity index (χ0) is 13.2. The number of nitrogens with zero attached hydrogens (tertiary/aromatic N) is 4. The molecule has 0 bridgehead atoms. The number of hydrogen-bond donors (Lipinski definition) is 0. The Morgan fingerprint density at radius 3 is 2.67 bits per heavy atom. The summed E-state index contributed by atoms with van der Waals surface area (Å²) >= 11 is 1.80. The van der Waals surface area contributed by atoms with Gasteiger partial charge in [0.1, 0.15) is 0 Å². The summed E-state index contributed by atoms with van der Waals surface area (Å²) in [5.41, 5.74) is 0.898. The molecule has 0 aliphatic carbocycles. The smallest absolute Gasteiger partial charge is 0.275 e. The molecule has 1 aliphatic rings. The van der Waals surface area contributed by atoms with Crippen molar-refractivity contribution in [3.8, 4) is 0 Å². The van der Waals surface area contributed by atoms with E-state index in [-0.39, 0.29) is 0 Å². The number of rotatable bonds is 4. The molecule has 0 amide bonds. The van der Waals surface area contributed by atoms with E-state index in [9.17, 15) is 8.42 Å². The maximum absolute atomic E-state index is 12.3. The van der Waals surface area contributed by atoms with E-state index in [0.29, 0.717) is 19.6 Å². The predicted molar refractivity (Wildman–Crippen MR) is 72.5 cm³/mol. The van der Waals surface area contributed by atoms with Crippen LogP contribution in [0.5, 0.6) is 0 Å². The molecule has 2 heterocycles. The van der Waals surface area contributed by atoms with Gasteiger partial charge < -0.3 is 0 Å². The average Bonchev–Trinajstić information content (AvgIpc) is 2.76. The molecule has 2 rings (SSSR count). The van der Waals surface area contributed by atoms with Crippen LogP contribution in [0.1, 0.15) is 5.56 Å². The number of aryl methyl sites for hydroxylation is 1. The summed E-state index contributed by atoms with van der Waals surface area (Å²) in [6.45, 7) is 1.56. The number of hydrogen-bond acceptors (Lipinski definition) is 4. The topological polar surface area (TPSA) is 58.4 Å². The van der Waals surface area contributed by atoms with Crippen molar-refractivity contribution in [2.75, 3.05) is 31.6 Å². The molecule has 0 N–H and O–H groups in total. The molecule has 0 atom stereocenters. The Balaban J connectivity index is 2.04. The van der Waals surface area contributed by atoms with E-state index in [1.807, 2.05) is 13.2 Å². The third kappa shape index (κ3) is 3.05. The monoisotopic (exact) mass is 290 g/mol. The van der Waals surface area contributed by atoms with Crippen LogP contribution in [0.4, 0.5) is 0 Å². The highest BCUT2D eigenvalue weighted by molar-refractivity contribution is 7.99. The molecule has 0 spiro atoms. The van der Waals surface area contributed by atoms with Crippen molar-refractivity contribution in [1.82, 2.24) is 18.4 Å². The molecule has 1 aliphatic heterocycles. The minimum atomic E-state index is -3.33. The van der Waals surface area contributed by atoms with Crippen molar-refractivity contribution in [3.05, 3.63) is 18.0 Å². The first-order valence-electron chi connectivity index (χ1n) is 5.77. The van der Waals surface area contributed by atoms with Crippen molar-refractivity contribution in [1.29, 1.82) is 0 Å². The van der Waals surface area contributed by atoms with Gasteiger partial charge in [0.2, 0.25) is 0 Å². The van der Waals surface area contributed by atoms with Crippen LogP contribution in [0.15, 0.2) is 12.4 Å². The van der Waals surface area contributed by atoms with Crippen LogP contribution < -0.4 is 0 Å². The molecule has 0 aromatic carbocycles. The van der Waals surface area contributed by atoms with E-state index in [4.69, 9.17) is 0 Å². The van der Waals surface area contributed by atoms with E-state index in [1.54, 1.807) is 34.0 Å². The third-order valence-corrected chi connectivity index (χ3v) is 5.73. The quantitative estimate of drug-likeness (QED) is 0.792. The maximum Gasteiger partial charge on any atom is 0.282 e. The lowest BCUT2D eigenvalue weighted by molar-refractivity contribution is 0.374. The van der Waals surface area contributed by atoms with Crippen LogP contribution in [0, 0.1) is 0 Å². The zero-order valence-corrected chi connectivity index (χ0v) is 12.2. The Kier molecular flexibility index (Phi) is 4.31. The second-order valence-corrected chi connectivity index (χ2v) is 7.56. The molecule has 0 radical (unpaired) electrons. The molecule has 1 aromatic heterocycles. The summed E-state index contributed by atoms with van der Waals surface area (Å²) < 4.78 is 29.2. The van der Waals surface area contributed by atoms with E-state index in [2.05, 4.69) is 5.10 Å². The van der Waals surface area contributed by atoms with Gasteiger partial charge in [-0.25, -0.2) is 0 Å². The maximum atomic E-state index is 12.3. The summed E-state index contributed by atoms with van der Waals surface area (Å²) in [6.07, 6.45) is 3.52. The minimum absolute atomic E-state index is 0.361. The van der Waals surface area contributed by atoms with E-state index < -0.39 is 10.2 Å². The van der Waals surface area contributed by atoms with Gasteiger partial charge in [0.25, 0.3) is 10.2 Å². The normalized spacial score (nSPS) is 18.4. The van der Waals surface area contributed by atoms with Gasteiger partial charge in [-0.15, -0.1) is 0 Å². The minimum Gasteiger partial charge on any atom is -0.275 e. The summed E-state index contributed by atoms with van der Waals surface area (Å²) in [5.74, 6) is 1.75. The predicted octanol–water partition coefficient (Wildman–Crippen LogP) is 0.146. The van der Waals surface area contributed by atoms with Gasteiger partial charge in [0, 0.05) is 57.0 Å². The second kappa shape index (κ2) is 5.60. The molecule has 6 nitrogen and oxygen atoms in total. The van der Waals surface area contributed by atoms with Crippen LogP contribution >= 0.6 is 11.8 Å². The molecular weight excluding hydrogens is 272 g/mol. The number of aromatic nitrogens is 2. The molecular formula is C10H18N4O2S2. The van der Waals surface area contributed by atoms with Crippen molar-refractivity contribution < 1.29 is 8.42 Å². The summed E-state index contributed by atoms with van der Waals surface area (Å²) in [6, 6.07) is 0. The fraction of sp³-hybridized carbons (Fsp3) is 0.700. The van der Waals surface area contributed by atoms with E-state index in [1.165, 1.54) is 4.31 Å². The molecule has 1 aromatic rings. The highest BCUT2D eigenvalue weighted by Crippen LogP contribution is 2.16. The van der Waals surface area contributed by atoms with Crippen LogP contribution in [0.3, 0.4) is 0 Å². The Bertz CT molecular complexity index is 494. The Hall–Kier alpha value is -0.570. The lowest BCUT2D eigenvalue weighted by atomic mass is 10.4. The fourth-order valence-corrected chi connectivity index (χ4v) is 4.35. The van der Waals surface area contributed by atoms with Gasteiger partial charge in [-0.3, -0.25) is 4.68 Å². The fourth-order valence-electron chi connectivity index (χ4n) is 1.87. The van der Waals surface area contributed by atoms with Crippen LogP contribution in [0.2, 0.25) is 0 Å². The van der Waals surface area contributed by atoms with Gasteiger partial charge >= 0.3 is 0 Å². The highest BCUT2D eigenvalue weighted by Gasteiger charge is 2.28. The van der Waals surface area contributed by atoms with Crippen LogP contribution in [-0.2, 0) is 23.8 Å². The molecule has 8 heteroatoms. The van der Waals surface area contributed by atoms with Gasteiger partial charge in [0.05, 0.1) is 6.20 Å². The van der Waals surface area contributed by atoms with Gasteiger partial charge in [-0.1, -0.05) is 0 Å². The average molecular weight is 290 g/mol. The van der Waals surface area contributed by atoms with Crippen molar-refractivity contribution in [2.24, 2.45) is 7.05 Å². The number of thioether (sulfide) groups is 1. The van der Waals surface area contributed by atoms with E-state index in [0.717, 1.165) is 17.1 Å². The first-order valence-corrected chi connectivity index (χ1v) is 8.32. The zero-order valence-electron chi connectivity index (χ0n) is 10.6. The summed E-state index contributed by atoms with van der Waals surface area (Å²) in [7, 11) is 0.0998. The summed E-state index contributed by atoms with van der Waals surface area (Å²) in [4.78, 5) is 0. The van der Waals surface area contributed by atoms with Gasteiger partial charge in [0.15, 0.2) is 0 Å². The molecule has 1 fully saturated rings. The lowest BCUT2D eigenvalue weighted by Crippen LogP contribution is -2.45. The van der Waals surface area contributed by atoms with Crippen LogP contribution in [-0.4, -0.2) is 58.5 Å². The van der Waals surface area contributed by atoms with Crippen molar-refractivity contribution >= 4 is 22.0 Å². The van der Waals surface area contributed by atoms with Gasteiger partial charge in [-0.2, -0.15) is 33.9 Å². The van der Waals surface area contributed by atoms with Gasteiger partial charge in [-0.05, 0) is 0 Å². The Morgan fingerprint density at radius 1 is 1.44 bits per heavy atom.